The summed E-state index contributed by atoms with van der Waals surface area (Å²) in [5, 5.41) is 5.55. The Morgan fingerprint density at radius 3 is 2.94 bits per heavy atom. The van der Waals surface area contributed by atoms with Gasteiger partial charge in [0.15, 0.2) is 0 Å². The minimum Gasteiger partial charge on any atom is -0.313 e. The highest BCUT2D eigenvalue weighted by Crippen LogP contribution is 2.38. The molecule has 1 atom stereocenters. The molecule has 1 nitrogen and oxygen atoms in total. The Balaban J connectivity index is 2.12. The number of hydrogen-bond donors (Lipinski definition) is 1. The zero-order valence-corrected chi connectivity index (χ0v) is 10.2. The first-order chi connectivity index (χ1) is 7.90. The van der Waals surface area contributed by atoms with E-state index in [1.165, 1.54) is 28.8 Å². The van der Waals surface area contributed by atoms with Crippen molar-refractivity contribution in [3.05, 3.63) is 46.8 Å². The normalized spacial score (nSPS) is 18.7. The summed E-state index contributed by atoms with van der Waals surface area (Å²) < 4.78 is 0. The maximum absolute atomic E-state index is 3.40. The summed E-state index contributed by atoms with van der Waals surface area (Å²) in [6.07, 6.45) is 2.43. The second-order valence-corrected chi connectivity index (χ2v) is 5.18. The van der Waals surface area contributed by atoms with E-state index in [2.05, 4.69) is 48.1 Å². The predicted molar refractivity (Wildman–Crippen MR) is 69.9 cm³/mol. The van der Waals surface area contributed by atoms with Crippen LogP contribution in [0.4, 0.5) is 0 Å². The molecule has 1 heterocycles. The SMILES string of the molecule is CNC1CCc2c(-c3cccs3)cccc21. The first-order valence-corrected chi connectivity index (χ1v) is 6.61. The van der Waals surface area contributed by atoms with E-state index >= 15 is 0 Å². The maximum atomic E-state index is 3.40. The lowest BCUT2D eigenvalue weighted by Gasteiger charge is -2.11. The molecule has 1 aliphatic carbocycles. The fourth-order valence-corrected chi connectivity index (χ4v) is 3.40. The third-order valence-corrected chi connectivity index (χ3v) is 4.31. The van der Waals surface area contributed by atoms with Crippen molar-refractivity contribution in [2.75, 3.05) is 7.05 Å². The molecule has 2 aromatic rings. The van der Waals surface area contributed by atoms with Crippen LogP contribution in [0.15, 0.2) is 35.7 Å². The molecule has 3 rings (SSSR count). The average Bonchev–Trinajstić information content (AvgIpc) is 2.97. The van der Waals surface area contributed by atoms with Crippen molar-refractivity contribution in [1.82, 2.24) is 5.32 Å². The van der Waals surface area contributed by atoms with Crippen LogP contribution in [0, 0.1) is 0 Å². The van der Waals surface area contributed by atoms with Crippen molar-refractivity contribution in [3.8, 4) is 10.4 Å². The van der Waals surface area contributed by atoms with Gasteiger partial charge in [0, 0.05) is 10.9 Å². The van der Waals surface area contributed by atoms with Crippen LogP contribution in [0.1, 0.15) is 23.6 Å². The third kappa shape index (κ3) is 1.49. The largest absolute Gasteiger partial charge is 0.313 e. The fraction of sp³-hybridized carbons (Fsp3) is 0.286. The lowest BCUT2D eigenvalue weighted by molar-refractivity contribution is 0.590. The molecule has 82 valence electrons. The molecule has 1 N–H and O–H groups in total. The quantitative estimate of drug-likeness (QED) is 0.829. The van der Waals surface area contributed by atoms with Gasteiger partial charge in [0.2, 0.25) is 0 Å². The highest BCUT2D eigenvalue weighted by atomic mass is 32.1. The number of fused-ring (bicyclic) bond motifs is 1. The van der Waals surface area contributed by atoms with Gasteiger partial charge in [0.25, 0.3) is 0 Å². The summed E-state index contributed by atoms with van der Waals surface area (Å²) in [6, 6.07) is 11.6. The Hall–Kier alpha value is -1.12. The lowest BCUT2D eigenvalue weighted by Crippen LogP contribution is -2.12. The van der Waals surface area contributed by atoms with Gasteiger partial charge in [-0.1, -0.05) is 24.3 Å². The van der Waals surface area contributed by atoms with Crippen LogP contribution in [-0.2, 0) is 6.42 Å². The van der Waals surface area contributed by atoms with Crippen molar-refractivity contribution < 1.29 is 0 Å². The number of hydrogen-bond acceptors (Lipinski definition) is 2. The molecular formula is C14H15NS. The summed E-state index contributed by atoms with van der Waals surface area (Å²) >= 11 is 1.83. The maximum Gasteiger partial charge on any atom is 0.0345 e. The molecule has 1 aliphatic rings. The van der Waals surface area contributed by atoms with Crippen LogP contribution in [0.3, 0.4) is 0 Å². The summed E-state index contributed by atoms with van der Waals surface area (Å²) in [4.78, 5) is 1.40. The summed E-state index contributed by atoms with van der Waals surface area (Å²) in [7, 11) is 2.05. The van der Waals surface area contributed by atoms with Crippen molar-refractivity contribution in [3.63, 3.8) is 0 Å². The Kier molecular flexibility index (Phi) is 2.54. The molecule has 1 aromatic heterocycles. The third-order valence-electron chi connectivity index (χ3n) is 3.41. The molecule has 0 saturated heterocycles. The summed E-state index contributed by atoms with van der Waals surface area (Å²) in [5.41, 5.74) is 4.47. The van der Waals surface area contributed by atoms with Crippen LogP contribution in [0.25, 0.3) is 10.4 Å². The first-order valence-electron chi connectivity index (χ1n) is 5.73. The van der Waals surface area contributed by atoms with E-state index in [1.54, 1.807) is 5.56 Å². The Morgan fingerprint density at radius 1 is 1.25 bits per heavy atom. The minimum absolute atomic E-state index is 0.551. The molecule has 0 aliphatic heterocycles. The number of thiophene rings is 1. The smallest absolute Gasteiger partial charge is 0.0345 e. The van der Waals surface area contributed by atoms with Crippen LogP contribution in [-0.4, -0.2) is 7.05 Å². The van der Waals surface area contributed by atoms with Crippen LogP contribution < -0.4 is 5.32 Å². The standard InChI is InChI=1S/C14H15NS/c1-15-13-8-7-10-11(13)4-2-5-12(10)14-6-3-9-16-14/h2-6,9,13,15H,7-8H2,1H3. The van der Waals surface area contributed by atoms with E-state index in [9.17, 15) is 0 Å². The number of nitrogens with one attached hydrogen (secondary N) is 1. The van der Waals surface area contributed by atoms with Gasteiger partial charge in [0.05, 0.1) is 0 Å². The second kappa shape index (κ2) is 4.04. The average molecular weight is 229 g/mol. The van der Waals surface area contributed by atoms with Crippen molar-refractivity contribution in [2.24, 2.45) is 0 Å². The van der Waals surface area contributed by atoms with Gasteiger partial charge in [-0.25, -0.2) is 0 Å². The molecule has 0 fully saturated rings. The van der Waals surface area contributed by atoms with E-state index in [4.69, 9.17) is 0 Å². The van der Waals surface area contributed by atoms with E-state index in [0.29, 0.717) is 6.04 Å². The molecule has 0 spiro atoms. The Labute approximate surface area is 100 Å². The fourth-order valence-electron chi connectivity index (χ4n) is 2.62. The zero-order valence-electron chi connectivity index (χ0n) is 9.36. The van der Waals surface area contributed by atoms with Gasteiger partial charge in [-0.15, -0.1) is 11.3 Å². The van der Waals surface area contributed by atoms with E-state index < -0.39 is 0 Å². The molecule has 2 heteroatoms. The van der Waals surface area contributed by atoms with Gasteiger partial charge in [-0.05, 0) is 48.0 Å². The minimum atomic E-state index is 0.551. The van der Waals surface area contributed by atoms with E-state index in [0.717, 1.165) is 0 Å². The second-order valence-electron chi connectivity index (χ2n) is 4.23. The van der Waals surface area contributed by atoms with Gasteiger partial charge >= 0.3 is 0 Å². The van der Waals surface area contributed by atoms with Gasteiger partial charge in [0.1, 0.15) is 0 Å². The van der Waals surface area contributed by atoms with E-state index in [1.807, 2.05) is 11.3 Å². The topological polar surface area (TPSA) is 12.0 Å². The highest BCUT2D eigenvalue weighted by molar-refractivity contribution is 7.13. The first kappa shape index (κ1) is 10.1. The molecule has 1 unspecified atom stereocenters. The lowest BCUT2D eigenvalue weighted by atomic mass is 10.0. The molecule has 0 bridgehead atoms. The monoisotopic (exact) mass is 229 g/mol. The van der Waals surface area contributed by atoms with Crippen LogP contribution in [0.5, 0.6) is 0 Å². The number of rotatable bonds is 2. The van der Waals surface area contributed by atoms with Crippen molar-refractivity contribution in [1.29, 1.82) is 0 Å². The molecule has 0 saturated carbocycles. The summed E-state index contributed by atoms with van der Waals surface area (Å²) in [5.74, 6) is 0. The number of benzene rings is 1. The highest BCUT2D eigenvalue weighted by Gasteiger charge is 2.23. The molecule has 1 aromatic carbocycles. The van der Waals surface area contributed by atoms with Crippen molar-refractivity contribution >= 4 is 11.3 Å². The Bertz CT molecular complexity index is 487. The Morgan fingerprint density at radius 2 is 2.19 bits per heavy atom. The molecular weight excluding hydrogens is 214 g/mol. The van der Waals surface area contributed by atoms with Gasteiger partial charge in [-0.3, -0.25) is 0 Å². The van der Waals surface area contributed by atoms with Crippen molar-refractivity contribution in [2.45, 2.75) is 18.9 Å². The van der Waals surface area contributed by atoms with Gasteiger partial charge in [-0.2, -0.15) is 0 Å². The van der Waals surface area contributed by atoms with Gasteiger partial charge < -0.3 is 5.32 Å². The zero-order chi connectivity index (χ0) is 11.0. The summed E-state index contributed by atoms with van der Waals surface area (Å²) in [6.45, 7) is 0. The molecule has 16 heavy (non-hydrogen) atoms. The molecule has 0 amide bonds. The predicted octanol–water partition coefficient (Wildman–Crippen LogP) is 3.62. The van der Waals surface area contributed by atoms with Crippen LogP contribution in [0.2, 0.25) is 0 Å². The molecule has 0 radical (unpaired) electrons. The van der Waals surface area contributed by atoms with E-state index in [-0.39, 0.29) is 0 Å². The van der Waals surface area contributed by atoms with Crippen LogP contribution >= 0.6 is 11.3 Å².